The SMILES string of the molecule is CC(C)=CCC1CC2(CC=C(C)C)C(=O)C(=C(O)c3ccc(O)c(O)c3)C(=O)C(CC3=C(C)CC(C)(C)CC3)(C2=O)C1(C)C. The van der Waals surface area contributed by atoms with E-state index in [1.807, 2.05) is 47.6 Å². The van der Waals surface area contributed by atoms with E-state index in [0.717, 1.165) is 42.0 Å². The number of hydrogen-bond acceptors (Lipinski definition) is 6. The van der Waals surface area contributed by atoms with Gasteiger partial charge in [0.2, 0.25) is 0 Å². The monoisotopic (exact) mass is 602 g/mol. The quantitative estimate of drug-likeness (QED) is 0.0718. The van der Waals surface area contributed by atoms with E-state index in [1.165, 1.54) is 17.7 Å². The molecule has 3 atom stereocenters. The Morgan fingerprint density at radius 3 is 2.14 bits per heavy atom. The third-order valence-electron chi connectivity index (χ3n) is 10.9. The average Bonchev–Trinajstić information content (AvgIpc) is 2.91. The van der Waals surface area contributed by atoms with Crippen LogP contribution in [-0.2, 0) is 14.4 Å². The number of aliphatic hydroxyl groups is 1. The van der Waals surface area contributed by atoms with Crippen molar-refractivity contribution in [1.82, 2.24) is 0 Å². The second kappa shape index (κ2) is 11.5. The molecule has 2 fully saturated rings. The first-order chi connectivity index (χ1) is 20.3. The molecule has 0 heterocycles. The predicted octanol–water partition coefficient (Wildman–Crippen LogP) is 8.74. The first-order valence-electron chi connectivity index (χ1n) is 15.8. The second-order valence-corrected chi connectivity index (χ2v) is 15.4. The Morgan fingerprint density at radius 1 is 0.932 bits per heavy atom. The van der Waals surface area contributed by atoms with E-state index < -0.39 is 39.3 Å². The number of hydrogen-bond donors (Lipinski definition) is 3. The Balaban J connectivity index is 2.08. The molecule has 238 valence electrons. The predicted molar refractivity (Wildman–Crippen MR) is 174 cm³/mol. The van der Waals surface area contributed by atoms with Gasteiger partial charge in [0.1, 0.15) is 16.7 Å². The van der Waals surface area contributed by atoms with Gasteiger partial charge in [-0.05, 0) is 115 Å². The smallest absolute Gasteiger partial charge is 0.184 e. The average molecular weight is 603 g/mol. The minimum Gasteiger partial charge on any atom is -0.506 e. The summed E-state index contributed by atoms with van der Waals surface area (Å²) in [4.78, 5) is 45.0. The molecule has 0 radical (unpaired) electrons. The van der Waals surface area contributed by atoms with Crippen LogP contribution in [0.25, 0.3) is 5.76 Å². The zero-order valence-corrected chi connectivity index (χ0v) is 28.0. The molecule has 3 aliphatic rings. The normalized spacial score (nSPS) is 28.9. The van der Waals surface area contributed by atoms with E-state index in [4.69, 9.17) is 0 Å². The lowest BCUT2D eigenvalue weighted by atomic mass is 9.38. The second-order valence-electron chi connectivity index (χ2n) is 15.4. The maximum Gasteiger partial charge on any atom is 0.184 e. The molecule has 1 aromatic rings. The van der Waals surface area contributed by atoms with Crippen LogP contribution in [0.2, 0.25) is 0 Å². The van der Waals surface area contributed by atoms with Gasteiger partial charge in [0, 0.05) is 5.56 Å². The highest BCUT2D eigenvalue weighted by atomic mass is 16.3. The number of aliphatic hydroxyl groups excluding tert-OH is 1. The van der Waals surface area contributed by atoms with Gasteiger partial charge in [0.05, 0.1) is 5.41 Å². The van der Waals surface area contributed by atoms with Crippen molar-refractivity contribution in [3.8, 4) is 11.5 Å². The highest BCUT2D eigenvalue weighted by Gasteiger charge is 2.74. The van der Waals surface area contributed by atoms with Gasteiger partial charge in [-0.15, -0.1) is 0 Å². The van der Waals surface area contributed by atoms with Crippen LogP contribution in [0, 0.1) is 27.6 Å². The molecule has 0 spiro atoms. The van der Waals surface area contributed by atoms with Gasteiger partial charge in [-0.25, -0.2) is 0 Å². The number of phenolic OH excluding ortho intramolecular Hbond substituents is 2. The van der Waals surface area contributed by atoms with Crippen LogP contribution in [-0.4, -0.2) is 32.7 Å². The highest BCUT2D eigenvalue weighted by molar-refractivity contribution is 6.41. The van der Waals surface area contributed by atoms with E-state index in [2.05, 4.69) is 26.8 Å². The van der Waals surface area contributed by atoms with E-state index >= 15 is 9.59 Å². The van der Waals surface area contributed by atoms with Crippen molar-refractivity contribution in [3.63, 3.8) is 0 Å². The Labute approximate surface area is 262 Å². The first kappa shape index (κ1) is 33.5. The summed E-state index contributed by atoms with van der Waals surface area (Å²) >= 11 is 0. The molecule has 4 rings (SSSR count). The molecule has 0 amide bonds. The third kappa shape index (κ3) is 5.39. The highest BCUT2D eigenvalue weighted by Crippen LogP contribution is 2.66. The molecule has 0 aliphatic heterocycles. The number of carbonyl (C=O) groups is 3. The molecule has 6 heteroatoms. The molecule has 6 nitrogen and oxygen atoms in total. The van der Waals surface area contributed by atoms with E-state index in [-0.39, 0.29) is 53.3 Å². The summed E-state index contributed by atoms with van der Waals surface area (Å²) in [6.45, 7) is 18.4. The summed E-state index contributed by atoms with van der Waals surface area (Å²) in [5.74, 6) is -3.20. The van der Waals surface area contributed by atoms with Gasteiger partial charge in [0.15, 0.2) is 28.8 Å². The van der Waals surface area contributed by atoms with Gasteiger partial charge in [-0.2, -0.15) is 0 Å². The van der Waals surface area contributed by atoms with Crippen LogP contribution >= 0.6 is 0 Å². The van der Waals surface area contributed by atoms with Crippen molar-refractivity contribution in [2.24, 2.45) is 27.6 Å². The Kier molecular flexibility index (Phi) is 8.75. The number of ketones is 3. The number of carbonyl (C=O) groups excluding carboxylic acids is 3. The van der Waals surface area contributed by atoms with Crippen LogP contribution < -0.4 is 0 Å². The first-order valence-corrected chi connectivity index (χ1v) is 15.8. The summed E-state index contributed by atoms with van der Waals surface area (Å²) in [5.41, 5.74) is 0.201. The molecule has 3 N–H and O–H groups in total. The van der Waals surface area contributed by atoms with E-state index in [0.29, 0.717) is 6.42 Å². The summed E-state index contributed by atoms with van der Waals surface area (Å²) in [6, 6.07) is 3.70. The lowest BCUT2D eigenvalue weighted by molar-refractivity contribution is -0.176. The molecular formula is C38H50O6. The Bertz CT molecular complexity index is 1520. The van der Waals surface area contributed by atoms with Crippen LogP contribution in [0.1, 0.15) is 113 Å². The zero-order valence-electron chi connectivity index (χ0n) is 28.0. The third-order valence-corrected chi connectivity index (χ3v) is 10.9. The lowest BCUT2D eigenvalue weighted by Crippen LogP contribution is -2.69. The molecule has 2 saturated carbocycles. The molecule has 44 heavy (non-hydrogen) atoms. The van der Waals surface area contributed by atoms with Gasteiger partial charge >= 0.3 is 0 Å². The molecule has 1 aromatic carbocycles. The number of allylic oxidation sites excluding steroid dienone is 7. The Morgan fingerprint density at radius 2 is 1.57 bits per heavy atom. The minimum absolute atomic E-state index is 0.0330. The number of fused-ring (bicyclic) bond motifs is 2. The largest absolute Gasteiger partial charge is 0.506 e. The summed E-state index contributed by atoms with van der Waals surface area (Å²) in [7, 11) is 0. The van der Waals surface area contributed by atoms with Crippen molar-refractivity contribution < 1.29 is 29.7 Å². The van der Waals surface area contributed by atoms with Gasteiger partial charge in [0.25, 0.3) is 0 Å². The van der Waals surface area contributed by atoms with Crippen molar-refractivity contribution in [2.75, 3.05) is 0 Å². The van der Waals surface area contributed by atoms with E-state index in [9.17, 15) is 20.1 Å². The number of benzene rings is 1. The fourth-order valence-corrected chi connectivity index (χ4v) is 7.98. The topological polar surface area (TPSA) is 112 Å². The van der Waals surface area contributed by atoms with Gasteiger partial charge < -0.3 is 15.3 Å². The summed E-state index contributed by atoms with van der Waals surface area (Å²) < 4.78 is 0. The maximum atomic E-state index is 15.2. The molecular weight excluding hydrogens is 552 g/mol. The number of Topliss-reactive ketones (excluding diaryl/α,β-unsaturated/α-hetero) is 3. The van der Waals surface area contributed by atoms with Crippen molar-refractivity contribution in [1.29, 1.82) is 0 Å². The number of aromatic hydroxyl groups is 2. The van der Waals surface area contributed by atoms with Crippen molar-refractivity contribution >= 4 is 23.1 Å². The number of phenols is 2. The number of rotatable bonds is 7. The fraction of sp³-hybridized carbons (Fsp3) is 0.553. The van der Waals surface area contributed by atoms with Crippen molar-refractivity contribution in [3.05, 3.63) is 63.8 Å². The van der Waals surface area contributed by atoms with Crippen molar-refractivity contribution in [2.45, 2.75) is 107 Å². The molecule has 2 bridgehead atoms. The lowest BCUT2D eigenvalue weighted by Gasteiger charge is -2.61. The van der Waals surface area contributed by atoms with Crippen LogP contribution in [0.4, 0.5) is 0 Å². The summed E-state index contributed by atoms with van der Waals surface area (Å²) in [5, 5.41) is 31.8. The van der Waals surface area contributed by atoms with Crippen LogP contribution in [0.5, 0.6) is 11.5 Å². The van der Waals surface area contributed by atoms with Gasteiger partial charge in [-0.3, -0.25) is 14.4 Å². The zero-order chi connectivity index (χ0) is 33.0. The molecule has 3 unspecified atom stereocenters. The molecule has 3 aliphatic carbocycles. The fourth-order valence-electron chi connectivity index (χ4n) is 7.98. The van der Waals surface area contributed by atoms with Crippen LogP contribution in [0.3, 0.4) is 0 Å². The maximum absolute atomic E-state index is 15.2. The summed E-state index contributed by atoms with van der Waals surface area (Å²) in [6.07, 6.45) is 7.86. The van der Waals surface area contributed by atoms with Gasteiger partial charge in [-0.1, -0.05) is 62.1 Å². The minimum atomic E-state index is -1.57. The standard InChI is InChI=1S/C38H50O6/c1-22(2)10-12-27-21-37(17-14-23(3)4)32(42)30(31(41)25-11-13-28(39)29(40)18-25)33(43)38(34(37)44,36(27,8)9)20-26-15-16-35(6,7)19-24(26)5/h10-11,13-14,18,27,39-41H,12,15-17,19-21H2,1-9H3. The molecule has 0 saturated heterocycles. The van der Waals surface area contributed by atoms with E-state index in [1.54, 1.807) is 0 Å². The van der Waals surface area contributed by atoms with Crippen LogP contribution in [0.15, 0.2) is 58.2 Å². The Hall–Kier alpha value is -3.41. The molecule has 0 aromatic heterocycles.